The first kappa shape index (κ1) is 28.0. The third kappa shape index (κ3) is 6.99. The maximum absolute atomic E-state index is 13.5. The van der Waals surface area contributed by atoms with Crippen LogP contribution in [-0.2, 0) is 26.2 Å². The van der Waals surface area contributed by atoms with Crippen molar-refractivity contribution in [2.45, 2.75) is 62.6 Å². The average Bonchev–Trinajstić information content (AvgIpc) is 3.37. The van der Waals surface area contributed by atoms with Gasteiger partial charge in [0.25, 0.3) is 0 Å². The van der Waals surface area contributed by atoms with E-state index in [0.717, 1.165) is 35.6 Å². The van der Waals surface area contributed by atoms with E-state index in [9.17, 15) is 18.0 Å². The van der Waals surface area contributed by atoms with Crippen LogP contribution >= 0.6 is 11.6 Å². The van der Waals surface area contributed by atoms with E-state index in [2.05, 4.69) is 5.32 Å². The van der Waals surface area contributed by atoms with Gasteiger partial charge in [0.15, 0.2) is 0 Å². The Morgan fingerprint density at radius 1 is 1.08 bits per heavy atom. The number of carbonyl (C=O) groups is 2. The second-order valence-corrected chi connectivity index (χ2v) is 11.5. The molecule has 0 spiro atoms. The number of methoxy groups -OCH3 is 1. The van der Waals surface area contributed by atoms with Gasteiger partial charge in [0.2, 0.25) is 21.8 Å². The highest BCUT2D eigenvalue weighted by Crippen LogP contribution is 2.21. The van der Waals surface area contributed by atoms with Crippen molar-refractivity contribution in [1.29, 1.82) is 0 Å². The summed E-state index contributed by atoms with van der Waals surface area (Å²) in [5.41, 5.74) is 0.805. The summed E-state index contributed by atoms with van der Waals surface area (Å²) in [4.78, 5) is 28.3. The van der Waals surface area contributed by atoms with Crippen molar-refractivity contribution in [2.24, 2.45) is 0 Å². The Labute approximate surface area is 218 Å². The lowest BCUT2D eigenvalue weighted by molar-refractivity contribution is -0.141. The molecule has 1 saturated carbocycles. The van der Waals surface area contributed by atoms with Gasteiger partial charge in [-0.1, -0.05) is 43.5 Å². The van der Waals surface area contributed by atoms with E-state index in [-0.39, 0.29) is 23.4 Å². The van der Waals surface area contributed by atoms with Crippen LogP contribution in [0.1, 0.15) is 44.6 Å². The van der Waals surface area contributed by atoms with Crippen molar-refractivity contribution in [1.82, 2.24) is 14.5 Å². The molecule has 0 unspecified atom stereocenters. The highest BCUT2D eigenvalue weighted by Gasteiger charge is 2.33. The molecule has 0 radical (unpaired) electrons. The zero-order valence-corrected chi connectivity index (χ0v) is 22.5. The zero-order valence-electron chi connectivity index (χ0n) is 20.9. The SMILES string of the molecule is CC[C@@H](C(=O)NC1CCCC1)N(Cc1ccc(OC)cc1)C(=O)CN(C)S(=O)(=O)c1ccc(Cl)cc1. The van der Waals surface area contributed by atoms with Crippen molar-refractivity contribution >= 4 is 33.4 Å². The summed E-state index contributed by atoms with van der Waals surface area (Å²) in [6.45, 7) is 1.60. The lowest BCUT2D eigenvalue weighted by Gasteiger charge is -2.32. The van der Waals surface area contributed by atoms with Crippen LogP contribution in [0.3, 0.4) is 0 Å². The maximum Gasteiger partial charge on any atom is 0.243 e. The first-order chi connectivity index (χ1) is 17.1. The van der Waals surface area contributed by atoms with Crippen LogP contribution in [0, 0.1) is 0 Å². The smallest absolute Gasteiger partial charge is 0.243 e. The normalized spacial score (nSPS) is 15.0. The largest absolute Gasteiger partial charge is 0.497 e. The van der Waals surface area contributed by atoms with Crippen molar-refractivity contribution < 1.29 is 22.7 Å². The Hall–Kier alpha value is -2.62. The summed E-state index contributed by atoms with van der Waals surface area (Å²) in [5.74, 6) is 0.00480. The van der Waals surface area contributed by atoms with Crippen LogP contribution in [0.15, 0.2) is 53.4 Å². The molecule has 2 amide bonds. The number of benzene rings is 2. The van der Waals surface area contributed by atoms with E-state index in [0.29, 0.717) is 17.2 Å². The first-order valence-electron chi connectivity index (χ1n) is 12.1. The standard InChI is InChI=1S/C26H34ClN3O5S/c1-4-24(26(32)28-21-7-5-6-8-21)30(17-19-9-13-22(35-3)14-10-19)25(31)18-29(2)36(33,34)23-15-11-20(27)12-16-23/h9-16,21,24H,4-8,17-18H2,1-3H3,(H,28,32)/t24-/m0/s1. The molecule has 0 heterocycles. The maximum atomic E-state index is 13.5. The summed E-state index contributed by atoms with van der Waals surface area (Å²) in [5, 5.41) is 3.50. The van der Waals surface area contributed by atoms with Crippen LogP contribution < -0.4 is 10.1 Å². The molecule has 8 nitrogen and oxygen atoms in total. The van der Waals surface area contributed by atoms with Gasteiger partial charge in [-0.05, 0) is 61.2 Å². The minimum Gasteiger partial charge on any atom is -0.497 e. The molecule has 0 aromatic heterocycles. The monoisotopic (exact) mass is 535 g/mol. The lowest BCUT2D eigenvalue weighted by atomic mass is 10.1. The fourth-order valence-electron chi connectivity index (χ4n) is 4.37. The van der Waals surface area contributed by atoms with Crippen molar-refractivity contribution in [2.75, 3.05) is 20.7 Å². The van der Waals surface area contributed by atoms with E-state index in [1.165, 1.54) is 36.2 Å². The molecule has 10 heteroatoms. The highest BCUT2D eigenvalue weighted by atomic mass is 35.5. The summed E-state index contributed by atoms with van der Waals surface area (Å²) >= 11 is 5.89. The Balaban J connectivity index is 1.83. The van der Waals surface area contributed by atoms with E-state index in [1.807, 2.05) is 19.1 Å². The molecular formula is C26H34ClN3O5S. The van der Waals surface area contributed by atoms with E-state index in [4.69, 9.17) is 16.3 Å². The number of ether oxygens (including phenoxy) is 1. The van der Waals surface area contributed by atoms with Crippen LogP contribution in [0.4, 0.5) is 0 Å². The van der Waals surface area contributed by atoms with Crippen LogP contribution in [0.2, 0.25) is 5.02 Å². The summed E-state index contributed by atoms with van der Waals surface area (Å²) < 4.78 is 32.3. The molecule has 0 aliphatic heterocycles. The number of rotatable bonds is 11. The van der Waals surface area contributed by atoms with E-state index < -0.39 is 28.5 Å². The third-order valence-corrected chi connectivity index (χ3v) is 8.55. The van der Waals surface area contributed by atoms with Crippen LogP contribution in [0.5, 0.6) is 5.75 Å². The molecule has 1 fully saturated rings. The number of nitrogens with zero attached hydrogens (tertiary/aromatic N) is 2. The fraction of sp³-hybridized carbons (Fsp3) is 0.462. The molecule has 36 heavy (non-hydrogen) atoms. The molecule has 3 rings (SSSR count). The molecule has 0 saturated heterocycles. The zero-order chi connectivity index (χ0) is 26.3. The van der Waals surface area contributed by atoms with Gasteiger partial charge in [-0.3, -0.25) is 9.59 Å². The average molecular weight is 536 g/mol. The number of likely N-dealkylation sites (N-methyl/N-ethyl adjacent to an activating group) is 1. The van der Waals surface area contributed by atoms with Gasteiger partial charge in [-0.25, -0.2) is 8.42 Å². The van der Waals surface area contributed by atoms with Gasteiger partial charge in [0, 0.05) is 24.7 Å². The van der Waals surface area contributed by atoms with Crippen molar-refractivity contribution in [3.8, 4) is 5.75 Å². The van der Waals surface area contributed by atoms with Gasteiger partial charge in [-0.2, -0.15) is 4.31 Å². The first-order valence-corrected chi connectivity index (χ1v) is 13.9. The van der Waals surface area contributed by atoms with Gasteiger partial charge >= 0.3 is 0 Å². The Bertz CT molecular complexity index is 1130. The minimum absolute atomic E-state index is 0.0370. The van der Waals surface area contributed by atoms with Crippen LogP contribution in [-0.4, -0.2) is 62.2 Å². The van der Waals surface area contributed by atoms with Gasteiger partial charge in [0.1, 0.15) is 11.8 Å². The summed E-state index contributed by atoms with van der Waals surface area (Å²) in [6, 6.07) is 12.4. The number of hydrogen-bond donors (Lipinski definition) is 1. The second kappa shape index (κ2) is 12.6. The fourth-order valence-corrected chi connectivity index (χ4v) is 5.61. The Kier molecular flexibility index (Phi) is 9.76. The molecule has 0 bridgehead atoms. The van der Waals surface area contributed by atoms with Gasteiger partial charge in [-0.15, -0.1) is 0 Å². The lowest BCUT2D eigenvalue weighted by Crippen LogP contribution is -2.53. The Morgan fingerprint density at radius 3 is 2.25 bits per heavy atom. The molecule has 2 aromatic rings. The highest BCUT2D eigenvalue weighted by molar-refractivity contribution is 7.89. The van der Waals surface area contributed by atoms with Crippen molar-refractivity contribution in [3.05, 3.63) is 59.1 Å². The quantitative estimate of drug-likeness (QED) is 0.471. The predicted molar refractivity (Wildman–Crippen MR) is 139 cm³/mol. The third-order valence-electron chi connectivity index (χ3n) is 6.48. The molecule has 2 aromatic carbocycles. The number of halogens is 1. The molecule has 1 aliphatic rings. The molecule has 1 aliphatic carbocycles. The molecular weight excluding hydrogens is 502 g/mol. The number of nitrogens with one attached hydrogen (secondary N) is 1. The summed E-state index contributed by atoms with van der Waals surface area (Å²) in [7, 11) is -1.00. The van der Waals surface area contributed by atoms with Gasteiger partial charge < -0.3 is 15.0 Å². The number of carbonyl (C=O) groups excluding carboxylic acids is 2. The molecule has 196 valence electrons. The predicted octanol–water partition coefficient (Wildman–Crippen LogP) is 3.84. The second-order valence-electron chi connectivity index (χ2n) is 9.00. The molecule has 1 N–H and O–H groups in total. The number of hydrogen-bond acceptors (Lipinski definition) is 5. The topological polar surface area (TPSA) is 96.0 Å². The van der Waals surface area contributed by atoms with Crippen LogP contribution in [0.25, 0.3) is 0 Å². The summed E-state index contributed by atoms with van der Waals surface area (Å²) in [6.07, 6.45) is 4.40. The number of amides is 2. The van der Waals surface area contributed by atoms with E-state index >= 15 is 0 Å². The van der Waals surface area contributed by atoms with Crippen molar-refractivity contribution in [3.63, 3.8) is 0 Å². The van der Waals surface area contributed by atoms with E-state index in [1.54, 1.807) is 19.2 Å². The van der Waals surface area contributed by atoms with Gasteiger partial charge in [0.05, 0.1) is 18.6 Å². The Morgan fingerprint density at radius 2 is 1.69 bits per heavy atom. The molecule has 1 atom stereocenters. The number of sulfonamides is 1. The minimum atomic E-state index is -3.93.